The molecule has 0 radical (unpaired) electrons. The smallest absolute Gasteiger partial charge is 0.233 e. The van der Waals surface area contributed by atoms with E-state index in [-0.39, 0.29) is 5.91 Å². The molecule has 6 nitrogen and oxygen atoms in total. The van der Waals surface area contributed by atoms with Crippen molar-refractivity contribution in [1.82, 2.24) is 9.88 Å². The maximum Gasteiger partial charge on any atom is 0.233 e. The van der Waals surface area contributed by atoms with Crippen LogP contribution in [-0.2, 0) is 16.0 Å². The summed E-state index contributed by atoms with van der Waals surface area (Å²) in [5, 5.41) is 0.740. The van der Waals surface area contributed by atoms with Crippen molar-refractivity contribution in [1.29, 1.82) is 0 Å². The van der Waals surface area contributed by atoms with E-state index in [0.29, 0.717) is 13.0 Å². The molecule has 0 spiro atoms. The average molecular weight is 426 g/mol. The third-order valence-electron chi connectivity index (χ3n) is 5.30. The number of methoxy groups -OCH3 is 1. The summed E-state index contributed by atoms with van der Waals surface area (Å²) < 4.78 is 11.8. The molecule has 1 amide bonds. The van der Waals surface area contributed by atoms with Gasteiger partial charge in [-0.25, -0.2) is 4.98 Å². The Kier molecular flexibility index (Phi) is 6.62. The molecule has 0 atom stereocenters. The number of hydrogen-bond acceptors (Lipinski definition) is 6. The van der Waals surface area contributed by atoms with Gasteiger partial charge in [-0.3, -0.25) is 14.6 Å². The monoisotopic (exact) mass is 425 g/mol. The molecule has 3 aromatic rings. The molecule has 2 heterocycles. The first kappa shape index (κ1) is 20.8. The lowest BCUT2D eigenvalue weighted by Crippen LogP contribution is -2.43. The molecule has 4 rings (SSSR count). The zero-order chi connectivity index (χ0) is 20.9. The number of rotatable bonds is 7. The summed E-state index contributed by atoms with van der Waals surface area (Å²) in [6.45, 7) is 6.76. The Morgan fingerprint density at radius 2 is 2.07 bits per heavy atom. The summed E-state index contributed by atoms with van der Waals surface area (Å²) in [5.41, 5.74) is 3.07. The summed E-state index contributed by atoms with van der Waals surface area (Å²) in [6.07, 6.45) is 0.365. The minimum Gasteiger partial charge on any atom is -0.497 e. The number of anilines is 1. The summed E-state index contributed by atoms with van der Waals surface area (Å²) in [4.78, 5) is 22.3. The number of thiazole rings is 1. The van der Waals surface area contributed by atoms with Gasteiger partial charge in [0, 0.05) is 26.2 Å². The largest absolute Gasteiger partial charge is 0.497 e. The van der Waals surface area contributed by atoms with E-state index in [1.807, 2.05) is 48.2 Å². The molecule has 1 fully saturated rings. The lowest BCUT2D eigenvalue weighted by molar-refractivity contribution is -0.118. The highest BCUT2D eigenvalue weighted by Gasteiger charge is 2.22. The minimum absolute atomic E-state index is 0.0693. The van der Waals surface area contributed by atoms with Gasteiger partial charge in [0.2, 0.25) is 5.91 Å². The van der Waals surface area contributed by atoms with Crippen molar-refractivity contribution in [2.24, 2.45) is 0 Å². The molecule has 30 heavy (non-hydrogen) atoms. The van der Waals surface area contributed by atoms with E-state index in [0.717, 1.165) is 65.1 Å². The summed E-state index contributed by atoms with van der Waals surface area (Å²) in [6, 6.07) is 13.9. The molecule has 0 unspecified atom stereocenters. The maximum atomic E-state index is 13.3. The number of morpholine rings is 1. The normalized spacial score (nSPS) is 14.7. The zero-order valence-corrected chi connectivity index (χ0v) is 18.3. The number of carbonyl (C=O) groups is 1. The topological polar surface area (TPSA) is 54.9 Å². The van der Waals surface area contributed by atoms with Crippen molar-refractivity contribution in [3.05, 3.63) is 53.6 Å². The number of carbonyl (C=O) groups excluding carboxylic acids is 1. The third kappa shape index (κ3) is 4.98. The second-order valence-corrected chi connectivity index (χ2v) is 8.50. The van der Waals surface area contributed by atoms with E-state index in [9.17, 15) is 4.79 Å². The predicted octanol–water partition coefficient (Wildman–Crippen LogP) is 3.52. The van der Waals surface area contributed by atoms with Gasteiger partial charge in [-0.2, -0.15) is 0 Å². The van der Waals surface area contributed by atoms with Crippen LogP contribution in [-0.4, -0.2) is 62.3 Å². The quantitative estimate of drug-likeness (QED) is 0.580. The van der Waals surface area contributed by atoms with E-state index in [1.165, 1.54) is 11.3 Å². The number of amides is 1. The number of ether oxygens (including phenoxy) is 2. The van der Waals surface area contributed by atoms with E-state index < -0.39 is 0 Å². The first-order valence-electron chi connectivity index (χ1n) is 10.2. The van der Waals surface area contributed by atoms with Crippen LogP contribution in [0.4, 0.5) is 5.13 Å². The first-order valence-corrected chi connectivity index (χ1v) is 11.0. The van der Waals surface area contributed by atoms with Gasteiger partial charge < -0.3 is 9.47 Å². The van der Waals surface area contributed by atoms with Crippen LogP contribution >= 0.6 is 11.3 Å². The van der Waals surface area contributed by atoms with Crippen LogP contribution in [0.5, 0.6) is 5.75 Å². The van der Waals surface area contributed by atoms with Crippen molar-refractivity contribution < 1.29 is 14.3 Å². The highest BCUT2D eigenvalue weighted by molar-refractivity contribution is 7.22. The number of aromatic nitrogens is 1. The molecule has 1 aromatic heterocycles. The van der Waals surface area contributed by atoms with Crippen LogP contribution in [0.2, 0.25) is 0 Å². The maximum absolute atomic E-state index is 13.3. The zero-order valence-electron chi connectivity index (χ0n) is 17.5. The van der Waals surface area contributed by atoms with Gasteiger partial charge in [0.1, 0.15) is 5.75 Å². The van der Waals surface area contributed by atoms with Crippen LogP contribution in [0.15, 0.2) is 42.5 Å². The van der Waals surface area contributed by atoms with Crippen LogP contribution in [0.25, 0.3) is 10.2 Å². The molecule has 1 aliphatic rings. The molecule has 0 aliphatic carbocycles. The van der Waals surface area contributed by atoms with Crippen molar-refractivity contribution in [3.63, 3.8) is 0 Å². The molecular formula is C23H27N3O3S. The molecule has 1 aliphatic heterocycles. The number of nitrogens with zero attached hydrogens (tertiary/aromatic N) is 3. The van der Waals surface area contributed by atoms with Gasteiger partial charge in [0.25, 0.3) is 0 Å². The van der Waals surface area contributed by atoms with Crippen LogP contribution < -0.4 is 9.64 Å². The van der Waals surface area contributed by atoms with Crippen LogP contribution in [0.3, 0.4) is 0 Å². The number of fused-ring (bicyclic) bond motifs is 1. The molecule has 7 heteroatoms. The van der Waals surface area contributed by atoms with Crippen LogP contribution in [0.1, 0.15) is 11.1 Å². The Bertz CT molecular complexity index is 1010. The highest BCUT2D eigenvalue weighted by Crippen LogP contribution is 2.31. The van der Waals surface area contributed by atoms with Crippen molar-refractivity contribution in [2.75, 3.05) is 51.4 Å². The van der Waals surface area contributed by atoms with Crippen molar-refractivity contribution in [3.8, 4) is 5.75 Å². The van der Waals surface area contributed by atoms with Gasteiger partial charge >= 0.3 is 0 Å². The average Bonchev–Trinajstić information content (AvgIpc) is 3.17. The summed E-state index contributed by atoms with van der Waals surface area (Å²) in [7, 11) is 1.66. The van der Waals surface area contributed by atoms with E-state index in [2.05, 4.69) is 11.0 Å². The van der Waals surface area contributed by atoms with E-state index >= 15 is 0 Å². The lowest BCUT2D eigenvalue weighted by Gasteiger charge is -2.29. The molecule has 158 valence electrons. The molecular weight excluding hydrogens is 398 g/mol. The molecule has 0 N–H and O–H groups in total. The Morgan fingerprint density at radius 3 is 2.83 bits per heavy atom. The van der Waals surface area contributed by atoms with E-state index in [1.54, 1.807) is 7.11 Å². The number of hydrogen-bond donors (Lipinski definition) is 0. The van der Waals surface area contributed by atoms with Gasteiger partial charge in [-0.05, 0) is 30.7 Å². The Hall–Kier alpha value is -2.48. The number of benzene rings is 2. The third-order valence-corrected chi connectivity index (χ3v) is 6.34. The van der Waals surface area contributed by atoms with Crippen LogP contribution in [0, 0.1) is 6.92 Å². The summed E-state index contributed by atoms with van der Waals surface area (Å²) >= 11 is 1.53. The van der Waals surface area contributed by atoms with E-state index in [4.69, 9.17) is 14.5 Å². The molecule has 2 aromatic carbocycles. The minimum atomic E-state index is 0.0693. The van der Waals surface area contributed by atoms with Crippen molar-refractivity contribution in [2.45, 2.75) is 13.3 Å². The second-order valence-electron chi connectivity index (χ2n) is 7.50. The second kappa shape index (κ2) is 9.55. The van der Waals surface area contributed by atoms with Crippen molar-refractivity contribution >= 4 is 32.6 Å². The molecule has 1 saturated heterocycles. The van der Waals surface area contributed by atoms with Gasteiger partial charge in [-0.15, -0.1) is 0 Å². The Labute approximate surface area is 181 Å². The Balaban J connectivity index is 1.57. The fraction of sp³-hybridized carbons (Fsp3) is 0.391. The predicted molar refractivity (Wildman–Crippen MR) is 121 cm³/mol. The standard InChI is InChI=1S/C23H27N3O3S/c1-17-4-3-5-18(14-17)15-22(27)26(9-8-25-10-12-29-13-11-25)23-24-20-7-6-19(28-2)16-21(20)30-23/h3-7,14,16H,8-13,15H2,1-2H3. The SMILES string of the molecule is COc1ccc2nc(N(CCN3CCOCC3)C(=O)Cc3cccc(C)c3)sc2c1. The number of aryl methyl sites for hydroxylation is 1. The first-order chi connectivity index (χ1) is 14.6. The van der Waals surface area contributed by atoms with Gasteiger partial charge in [-0.1, -0.05) is 41.2 Å². The fourth-order valence-electron chi connectivity index (χ4n) is 3.62. The highest BCUT2D eigenvalue weighted by atomic mass is 32.1. The molecule has 0 saturated carbocycles. The van der Waals surface area contributed by atoms with Gasteiger partial charge in [0.15, 0.2) is 5.13 Å². The van der Waals surface area contributed by atoms with Gasteiger partial charge in [0.05, 0.1) is 37.0 Å². The fourth-order valence-corrected chi connectivity index (χ4v) is 4.66. The lowest BCUT2D eigenvalue weighted by atomic mass is 10.1. The summed E-state index contributed by atoms with van der Waals surface area (Å²) in [5.74, 6) is 0.864. The Morgan fingerprint density at radius 1 is 1.23 bits per heavy atom. The molecule has 0 bridgehead atoms.